The predicted octanol–water partition coefficient (Wildman–Crippen LogP) is 0.525. The molecule has 0 unspecified atom stereocenters. The quantitative estimate of drug-likeness (QED) is 0.641. The van der Waals surface area contributed by atoms with E-state index in [1.165, 1.54) is 4.90 Å². The summed E-state index contributed by atoms with van der Waals surface area (Å²) in [6.07, 6.45) is 0.617. The van der Waals surface area contributed by atoms with Gasteiger partial charge in [-0.1, -0.05) is 17.9 Å². The lowest BCUT2D eigenvalue weighted by atomic mass is 10.2. The number of carbonyl (C=O) groups is 2. The molecule has 1 aromatic carbocycles. The number of amides is 2. The van der Waals surface area contributed by atoms with Gasteiger partial charge in [0.1, 0.15) is 12.4 Å². The van der Waals surface area contributed by atoms with Crippen LogP contribution < -0.4 is 10.5 Å². The van der Waals surface area contributed by atoms with Crippen molar-refractivity contribution in [2.75, 3.05) is 19.7 Å². The third-order valence-corrected chi connectivity index (χ3v) is 2.91. The molecule has 1 aromatic rings. The molecule has 5 nitrogen and oxygen atoms in total. The minimum atomic E-state index is -0.124. The third-order valence-electron chi connectivity index (χ3n) is 2.91. The van der Waals surface area contributed by atoms with Crippen molar-refractivity contribution in [1.29, 1.82) is 0 Å². The van der Waals surface area contributed by atoms with Crippen molar-refractivity contribution in [1.82, 2.24) is 4.90 Å². The predicted molar refractivity (Wildman–Crippen MR) is 73.8 cm³/mol. The van der Waals surface area contributed by atoms with Gasteiger partial charge in [0.05, 0.1) is 13.1 Å². The number of hydrogen-bond donors (Lipinski definition) is 1. The maximum atomic E-state index is 11.4. The Balaban J connectivity index is 1.88. The summed E-state index contributed by atoms with van der Waals surface area (Å²) in [6, 6.07) is 7.31. The zero-order valence-corrected chi connectivity index (χ0v) is 11.1. The van der Waals surface area contributed by atoms with E-state index >= 15 is 0 Å². The zero-order valence-electron chi connectivity index (χ0n) is 11.1. The van der Waals surface area contributed by atoms with Crippen LogP contribution in [0.15, 0.2) is 24.3 Å². The average Bonchev–Trinajstić information content (AvgIpc) is 2.77. The minimum Gasteiger partial charge on any atom is -0.492 e. The van der Waals surface area contributed by atoms with Gasteiger partial charge in [-0.2, -0.15) is 0 Å². The summed E-state index contributed by atoms with van der Waals surface area (Å²) >= 11 is 0. The van der Waals surface area contributed by atoms with Gasteiger partial charge in [0.15, 0.2) is 0 Å². The molecule has 20 heavy (non-hydrogen) atoms. The van der Waals surface area contributed by atoms with Crippen LogP contribution in [0.4, 0.5) is 0 Å². The molecular weight excluding hydrogens is 256 g/mol. The first-order valence-corrected chi connectivity index (χ1v) is 6.45. The molecule has 0 aliphatic carbocycles. The van der Waals surface area contributed by atoms with Crippen LogP contribution in [-0.2, 0) is 9.59 Å². The molecule has 1 fully saturated rings. The molecule has 1 aliphatic heterocycles. The molecule has 5 heteroatoms. The van der Waals surface area contributed by atoms with Crippen molar-refractivity contribution in [2.45, 2.75) is 12.8 Å². The van der Waals surface area contributed by atoms with Gasteiger partial charge in [0, 0.05) is 18.4 Å². The molecule has 1 saturated heterocycles. The largest absolute Gasteiger partial charge is 0.492 e. The molecule has 2 N–H and O–H groups in total. The number of hydrogen-bond acceptors (Lipinski definition) is 4. The number of nitrogens with zero attached hydrogens (tertiary/aromatic N) is 1. The van der Waals surface area contributed by atoms with Gasteiger partial charge in [-0.3, -0.25) is 14.5 Å². The average molecular weight is 272 g/mol. The van der Waals surface area contributed by atoms with Gasteiger partial charge in [0.25, 0.3) is 0 Å². The summed E-state index contributed by atoms with van der Waals surface area (Å²) < 4.78 is 5.54. The van der Waals surface area contributed by atoms with E-state index in [0.717, 1.165) is 5.56 Å². The summed E-state index contributed by atoms with van der Waals surface area (Å²) in [5, 5.41) is 0. The Labute approximate surface area is 117 Å². The Morgan fingerprint density at radius 2 is 2.00 bits per heavy atom. The first kappa shape index (κ1) is 14.1. The Kier molecular flexibility index (Phi) is 4.75. The molecule has 2 amide bonds. The molecule has 0 saturated carbocycles. The van der Waals surface area contributed by atoms with E-state index in [1.807, 2.05) is 12.1 Å². The van der Waals surface area contributed by atoms with Gasteiger partial charge in [0.2, 0.25) is 11.8 Å². The summed E-state index contributed by atoms with van der Waals surface area (Å²) in [6.45, 7) is 0.881. The fourth-order valence-electron chi connectivity index (χ4n) is 1.94. The van der Waals surface area contributed by atoms with Crippen molar-refractivity contribution < 1.29 is 14.3 Å². The number of rotatable bonds is 4. The monoisotopic (exact) mass is 272 g/mol. The van der Waals surface area contributed by atoms with E-state index in [4.69, 9.17) is 10.5 Å². The molecule has 0 aromatic heterocycles. The molecule has 0 spiro atoms. The highest BCUT2D eigenvalue weighted by atomic mass is 16.5. The Morgan fingerprint density at radius 3 is 2.70 bits per heavy atom. The maximum absolute atomic E-state index is 11.4. The van der Waals surface area contributed by atoms with Crippen LogP contribution in [0.5, 0.6) is 5.75 Å². The standard InChI is InChI=1S/C15H16N2O3/c16-8-2-4-12-3-1-5-13(11-12)20-10-9-17-14(18)6-7-15(17)19/h1,3,5,11H,6-10,16H2. The Morgan fingerprint density at radius 1 is 1.25 bits per heavy atom. The molecule has 2 rings (SSSR count). The van der Waals surface area contributed by atoms with Gasteiger partial charge in [-0.15, -0.1) is 0 Å². The zero-order chi connectivity index (χ0) is 14.4. The van der Waals surface area contributed by atoms with Crippen LogP contribution in [0.3, 0.4) is 0 Å². The van der Waals surface area contributed by atoms with Crippen LogP contribution in [0, 0.1) is 11.8 Å². The molecule has 1 aliphatic rings. The highest BCUT2D eigenvalue weighted by Crippen LogP contribution is 2.14. The van der Waals surface area contributed by atoms with Crippen molar-refractivity contribution >= 4 is 11.8 Å². The van der Waals surface area contributed by atoms with Crippen LogP contribution >= 0.6 is 0 Å². The summed E-state index contributed by atoms with van der Waals surface area (Å²) in [7, 11) is 0. The van der Waals surface area contributed by atoms with E-state index in [0.29, 0.717) is 25.1 Å². The van der Waals surface area contributed by atoms with Crippen LogP contribution in [-0.4, -0.2) is 36.4 Å². The fourth-order valence-corrected chi connectivity index (χ4v) is 1.94. The number of nitrogens with two attached hydrogens (primary N) is 1. The summed E-state index contributed by atoms with van der Waals surface area (Å²) in [5.41, 5.74) is 6.14. The third kappa shape index (κ3) is 3.59. The number of benzene rings is 1. The van der Waals surface area contributed by atoms with Crippen molar-refractivity contribution in [3.8, 4) is 17.6 Å². The molecule has 0 bridgehead atoms. The first-order chi connectivity index (χ1) is 9.70. The van der Waals surface area contributed by atoms with E-state index in [-0.39, 0.29) is 25.0 Å². The molecule has 0 atom stereocenters. The fraction of sp³-hybridized carbons (Fsp3) is 0.333. The van der Waals surface area contributed by atoms with Gasteiger partial charge in [-0.05, 0) is 18.2 Å². The maximum Gasteiger partial charge on any atom is 0.229 e. The van der Waals surface area contributed by atoms with Gasteiger partial charge in [-0.25, -0.2) is 0 Å². The topological polar surface area (TPSA) is 72.6 Å². The smallest absolute Gasteiger partial charge is 0.229 e. The molecule has 1 heterocycles. The lowest BCUT2D eigenvalue weighted by Gasteiger charge is -2.14. The van der Waals surface area contributed by atoms with E-state index < -0.39 is 0 Å². The van der Waals surface area contributed by atoms with Crippen molar-refractivity contribution in [2.24, 2.45) is 5.73 Å². The van der Waals surface area contributed by atoms with Gasteiger partial charge >= 0.3 is 0 Å². The van der Waals surface area contributed by atoms with Crippen LogP contribution in [0.2, 0.25) is 0 Å². The molecule has 104 valence electrons. The van der Waals surface area contributed by atoms with Crippen molar-refractivity contribution in [3.63, 3.8) is 0 Å². The second-order valence-corrected chi connectivity index (χ2v) is 4.32. The normalized spacial score (nSPS) is 14.2. The van der Waals surface area contributed by atoms with Gasteiger partial charge < -0.3 is 10.5 Å². The van der Waals surface area contributed by atoms with Crippen molar-refractivity contribution in [3.05, 3.63) is 29.8 Å². The minimum absolute atomic E-state index is 0.124. The number of imide groups is 1. The SMILES string of the molecule is NCC#Cc1cccc(OCCN2C(=O)CCC2=O)c1. The van der Waals surface area contributed by atoms with E-state index in [1.54, 1.807) is 12.1 Å². The second kappa shape index (κ2) is 6.73. The number of likely N-dealkylation sites (tertiary alicyclic amines) is 1. The Hall–Kier alpha value is -2.32. The molecule has 0 radical (unpaired) electrons. The second-order valence-electron chi connectivity index (χ2n) is 4.32. The van der Waals surface area contributed by atoms with Crippen LogP contribution in [0.25, 0.3) is 0 Å². The van der Waals surface area contributed by atoms with E-state index in [9.17, 15) is 9.59 Å². The lowest BCUT2D eigenvalue weighted by Crippen LogP contribution is -2.33. The highest BCUT2D eigenvalue weighted by molar-refractivity contribution is 6.01. The molecular formula is C15H16N2O3. The highest BCUT2D eigenvalue weighted by Gasteiger charge is 2.28. The number of ether oxygens (including phenoxy) is 1. The summed E-state index contributed by atoms with van der Waals surface area (Å²) in [5.74, 6) is 6.10. The van der Waals surface area contributed by atoms with Crippen LogP contribution in [0.1, 0.15) is 18.4 Å². The lowest BCUT2D eigenvalue weighted by molar-refractivity contribution is -0.138. The Bertz CT molecular complexity index is 556. The summed E-state index contributed by atoms with van der Waals surface area (Å²) in [4.78, 5) is 24.1. The first-order valence-electron chi connectivity index (χ1n) is 6.45. The number of carbonyl (C=O) groups excluding carboxylic acids is 2. The van der Waals surface area contributed by atoms with E-state index in [2.05, 4.69) is 11.8 Å².